The zero-order chi connectivity index (χ0) is 25.2. The van der Waals surface area contributed by atoms with Gasteiger partial charge in [-0.25, -0.2) is 9.78 Å². The number of hydrogen-bond donors (Lipinski definition) is 2. The number of pyridine rings is 1. The number of hydrogen-bond acceptors (Lipinski definition) is 7. The van der Waals surface area contributed by atoms with Gasteiger partial charge in [-0.2, -0.15) is 0 Å². The molecule has 0 bridgehead atoms. The van der Waals surface area contributed by atoms with Crippen molar-refractivity contribution in [2.75, 3.05) is 13.7 Å². The Morgan fingerprint density at radius 2 is 1.78 bits per heavy atom. The number of nitrogens with zero attached hydrogens (tertiary/aromatic N) is 1. The first-order valence-electron chi connectivity index (χ1n) is 11.4. The normalized spacial score (nSPS) is 13.5. The minimum absolute atomic E-state index is 0.0323. The Morgan fingerprint density at radius 1 is 1.00 bits per heavy atom. The van der Waals surface area contributed by atoms with Gasteiger partial charge in [-0.05, 0) is 65.9 Å². The van der Waals surface area contributed by atoms with Crippen LogP contribution in [0.4, 0.5) is 0 Å². The third-order valence-electron chi connectivity index (χ3n) is 6.22. The fourth-order valence-electron chi connectivity index (χ4n) is 4.45. The van der Waals surface area contributed by atoms with Crippen molar-refractivity contribution in [1.29, 1.82) is 0 Å². The second kappa shape index (κ2) is 9.54. The van der Waals surface area contributed by atoms with Crippen LogP contribution in [0, 0.1) is 0 Å². The molecular weight excluding hydrogens is 458 g/mol. The number of methoxy groups -OCH3 is 1. The molecule has 0 fully saturated rings. The van der Waals surface area contributed by atoms with E-state index >= 15 is 0 Å². The number of rotatable bonds is 6. The molecule has 7 heteroatoms. The molecule has 7 nitrogen and oxygen atoms in total. The number of ether oxygens (including phenoxy) is 2. The van der Waals surface area contributed by atoms with Gasteiger partial charge in [0.25, 0.3) is 0 Å². The Morgan fingerprint density at radius 3 is 2.53 bits per heavy atom. The van der Waals surface area contributed by atoms with E-state index in [9.17, 15) is 19.8 Å². The molecule has 0 amide bonds. The van der Waals surface area contributed by atoms with E-state index in [1.165, 1.54) is 12.1 Å². The molecule has 5 rings (SSSR count). The van der Waals surface area contributed by atoms with Crippen LogP contribution in [-0.4, -0.2) is 40.7 Å². The Bertz CT molecular complexity index is 1520. The number of aromatic hydroxyl groups is 2. The topological polar surface area (TPSA) is 106 Å². The van der Waals surface area contributed by atoms with E-state index in [0.29, 0.717) is 29.3 Å². The van der Waals surface area contributed by atoms with E-state index in [1.807, 2.05) is 48.5 Å². The SMILES string of the molecule is COc1ccc(C=C2CCc3c2nc2ccccc2c3C(=O)OCC(=O)c2ccc(O)cc2O)cc1. The molecule has 0 radical (unpaired) electrons. The average molecular weight is 482 g/mol. The van der Waals surface area contributed by atoms with Gasteiger partial charge >= 0.3 is 5.97 Å². The Balaban J connectivity index is 1.47. The van der Waals surface area contributed by atoms with Crippen molar-refractivity contribution in [2.24, 2.45) is 0 Å². The molecule has 0 atom stereocenters. The third kappa shape index (κ3) is 4.38. The number of esters is 1. The summed E-state index contributed by atoms with van der Waals surface area (Å²) in [6.07, 6.45) is 3.39. The van der Waals surface area contributed by atoms with Crippen LogP contribution in [0.2, 0.25) is 0 Å². The minimum atomic E-state index is -0.623. The molecule has 0 spiro atoms. The molecule has 3 aromatic carbocycles. The smallest absolute Gasteiger partial charge is 0.339 e. The van der Waals surface area contributed by atoms with Gasteiger partial charge < -0.3 is 19.7 Å². The zero-order valence-electron chi connectivity index (χ0n) is 19.5. The van der Waals surface area contributed by atoms with E-state index in [1.54, 1.807) is 7.11 Å². The van der Waals surface area contributed by atoms with Crippen molar-refractivity contribution >= 4 is 34.3 Å². The number of carbonyl (C=O) groups excluding carboxylic acids is 2. The molecule has 1 aliphatic carbocycles. The second-order valence-corrected chi connectivity index (χ2v) is 8.47. The van der Waals surface area contributed by atoms with Crippen LogP contribution in [0.5, 0.6) is 17.2 Å². The third-order valence-corrected chi connectivity index (χ3v) is 6.22. The quantitative estimate of drug-likeness (QED) is 0.289. The van der Waals surface area contributed by atoms with Crippen LogP contribution in [0.25, 0.3) is 22.6 Å². The molecular formula is C29H23NO6. The van der Waals surface area contributed by atoms with Crippen LogP contribution < -0.4 is 4.74 Å². The second-order valence-electron chi connectivity index (χ2n) is 8.47. The van der Waals surface area contributed by atoms with Gasteiger partial charge in [-0.1, -0.05) is 30.3 Å². The molecule has 0 saturated carbocycles. The summed E-state index contributed by atoms with van der Waals surface area (Å²) < 4.78 is 10.7. The first kappa shape index (κ1) is 23.1. The molecule has 2 N–H and O–H groups in total. The summed E-state index contributed by atoms with van der Waals surface area (Å²) in [6, 6.07) is 18.7. The highest BCUT2D eigenvalue weighted by atomic mass is 16.5. The maximum atomic E-state index is 13.3. The lowest BCUT2D eigenvalue weighted by molar-refractivity contribution is 0.0474. The number of Topliss-reactive ketones (excluding diaryl/α,β-unsaturated/α-hetero) is 1. The lowest BCUT2D eigenvalue weighted by Gasteiger charge is -2.12. The van der Waals surface area contributed by atoms with Gasteiger partial charge in [0.15, 0.2) is 6.61 Å². The summed E-state index contributed by atoms with van der Waals surface area (Å²) in [4.78, 5) is 30.7. The summed E-state index contributed by atoms with van der Waals surface area (Å²) in [6.45, 7) is -0.545. The number of phenols is 2. The molecule has 1 aliphatic rings. The van der Waals surface area contributed by atoms with Gasteiger partial charge in [0.1, 0.15) is 17.2 Å². The lowest BCUT2D eigenvalue weighted by atomic mass is 10.0. The van der Waals surface area contributed by atoms with E-state index in [-0.39, 0.29) is 17.1 Å². The zero-order valence-corrected chi connectivity index (χ0v) is 19.5. The van der Waals surface area contributed by atoms with Crippen LogP contribution in [0.15, 0.2) is 66.7 Å². The Hall–Kier alpha value is -4.65. The van der Waals surface area contributed by atoms with Crippen molar-refractivity contribution in [2.45, 2.75) is 12.8 Å². The maximum Gasteiger partial charge on any atom is 0.339 e. The largest absolute Gasteiger partial charge is 0.508 e. The summed E-state index contributed by atoms with van der Waals surface area (Å²) in [5.41, 5.74) is 4.58. The van der Waals surface area contributed by atoms with E-state index in [0.717, 1.165) is 34.2 Å². The number of benzene rings is 3. The van der Waals surface area contributed by atoms with E-state index < -0.39 is 18.4 Å². The van der Waals surface area contributed by atoms with E-state index in [4.69, 9.17) is 14.5 Å². The predicted molar refractivity (Wildman–Crippen MR) is 135 cm³/mol. The Labute approximate surface area is 207 Å². The molecule has 1 heterocycles. The molecule has 0 unspecified atom stereocenters. The van der Waals surface area contributed by atoms with Gasteiger partial charge in [0, 0.05) is 11.5 Å². The average Bonchev–Trinajstić information content (AvgIpc) is 3.28. The first-order valence-corrected chi connectivity index (χ1v) is 11.4. The lowest BCUT2D eigenvalue weighted by Crippen LogP contribution is -2.16. The summed E-state index contributed by atoms with van der Waals surface area (Å²) in [5, 5.41) is 20.0. The number of fused-ring (bicyclic) bond motifs is 2. The highest BCUT2D eigenvalue weighted by Crippen LogP contribution is 2.38. The Kier molecular flexibility index (Phi) is 6.12. The van der Waals surface area contributed by atoms with Crippen LogP contribution in [-0.2, 0) is 11.2 Å². The van der Waals surface area contributed by atoms with Crippen molar-refractivity contribution in [3.63, 3.8) is 0 Å². The highest BCUT2D eigenvalue weighted by molar-refractivity contribution is 6.08. The van der Waals surface area contributed by atoms with E-state index in [2.05, 4.69) is 6.08 Å². The number of para-hydroxylation sites is 1. The predicted octanol–water partition coefficient (Wildman–Crippen LogP) is 5.18. The maximum absolute atomic E-state index is 13.3. The molecule has 1 aromatic heterocycles. The summed E-state index contributed by atoms with van der Waals surface area (Å²) in [5.74, 6) is -0.968. The number of ketones is 1. The van der Waals surface area contributed by atoms with Crippen LogP contribution in [0.3, 0.4) is 0 Å². The van der Waals surface area contributed by atoms with Gasteiger partial charge in [-0.3, -0.25) is 4.79 Å². The van der Waals surface area contributed by atoms with Crippen LogP contribution >= 0.6 is 0 Å². The highest BCUT2D eigenvalue weighted by Gasteiger charge is 2.28. The first-order chi connectivity index (χ1) is 17.4. The number of carbonyl (C=O) groups is 2. The monoisotopic (exact) mass is 481 g/mol. The molecule has 36 heavy (non-hydrogen) atoms. The number of allylic oxidation sites excluding steroid dienone is 1. The molecule has 180 valence electrons. The van der Waals surface area contributed by atoms with Crippen LogP contribution in [0.1, 0.15) is 44.0 Å². The summed E-state index contributed by atoms with van der Waals surface area (Å²) in [7, 11) is 1.62. The van der Waals surface area contributed by atoms with Gasteiger partial charge in [-0.15, -0.1) is 0 Å². The fraction of sp³-hybridized carbons (Fsp3) is 0.138. The van der Waals surface area contributed by atoms with Crippen molar-refractivity contribution < 1.29 is 29.3 Å². The summed E-state index contributed by atoms with van der Waals surface area (Å²) >= 11 is 0. The number of phenolic OH excluding ortho intramolecular Hbond substituents is 2. The molecule has 0 saturated heterocycles. The minimum Gasteiger partial charge on any atom is -0.508 e. The molecule has 0 aliphatic heterocycles. The molecule has 4 aromatic rings. The standard InChI is InChI=1S/C29H23NO6/c1-35-20-10-6-17(7-11-20)14-18-8-12-23-27(21-4-2-3-5-24(21)30-28(18)23)29(34)36-16-26(33)22-13-9-19(31)15-25(22)32/h2-7,9-11,13-15,31-32H,8,12,16H2,1H3. The van der Waals surface area contributed by atoms with Gasteiger partial charge in [0.05, 0.1) is 29.4 Å². The van der Waals surface area contributed by atoms with Crippen molar-refractivity contribution in [3.05, 3.63) is 94.7 Å². The fourth-order valence-corrected chi connectivity index (χ4v) is 4.45. The van der Waals surface area contributed by atoms with Crippen molar-refractivity contribution in [3.8, 4) is 17.2 Å². The van der Waals surface area contributed by atoms with Crippen molar-refractivity contribution in [1.82, 2.24) is 4.98 Å². The van der Waals surface area contributed by atoms with Gasteiger partial charge in [0.2, 0.25) is 5.78 Å². The number of aromatic nitrogens is 1.